The maximum Gasteiger partial charge on any atom is 0.268 e. The topological polar surface area (TPSA) is 54.7 Å². The lowest BCUT2D eigenvalue weighted by atomic mass is 10.1. The number of nitrogens with one attached hydrogen (secondary N) is 1. The average molecular weight is 317 g/mol. The van der Waals surface area contributed by atoms with Crippen molar-refractivity contribution in [2.45, 2.75) is 10.2 Å². The van der Waals surface area contributed by atoms with Gasteiger partial charge >= 0.3 is 0 Å². The molecule has 19 heavy (non-hydrogen) atoms. The number of fused-ring (bicyclic) bond motifs is 1. The summed E-state index contributed by atoms with van der Waals surface area (Å²) in [7, 11) is 0. The van der Waals surface area contributed by atoms with Crippen LogP contribution in [0.5, 0.6) is 0 Å². The zero-order chi connectivity index (χ0) is 13.5. The summed E-state index contributed by atoms with van der Waals surface area (Å²) in [6, 6.07) is 7.96. The molecular formula is C12H8Cl3N3O. The first-order valence-corrected chi connectivity index (χ1v) is 6.62. The van der Waals surface area contributed by atoms with Crippen molar-refractivity contribution < 1.29 is 4.42 Å². The number of rotatable bonds is 2. The first-order valence-electron chi connectivity index (χ1n) is 5.48. The summed E-state index contributed by atoms with van der Waals surface area (Å²) in [4.78, 5) is 3.18. The molecule has 0 amide bonds. The van der Waals surface area contributed by atoms with Gasteiger partial charge in [-0.05, 0) is 11.6 Å². The van der Waals surface area contributed by atoms with E-state index in [2.05, 4.69) is 15.2 Å². The van der Waals surface area contributed by atoms with E-state index in [0.717, 1.165) is 16.5 Å². The lowest BCUT2D eigenvalue weighted by Crippen LogP contribution is -1.99. The summed E-state index contributed by atoms with van der Waals surface area (Å²) < 4.78 is 3.65. The molecule has 4 nitrogen and oxygen atoms in total. The van der Waals surface area contributed by atoms with Gasteiger partial charge in [-0.3, -0.25) is 0 Å². The number of aromatic amines is 1. The van der Waals surface area contributed by atoms with Crippen molar-refractivity contribution in [1.29, 1.82) is 0 Å². The van der Waals surface area contributed by atoms with Gasteiger partial charge in [-0.2, -0.15) is 0 Å². The number of H-pyrrole nitrogens is 1. The van der Waals surface area contributed by atoms with Crippen molar-refractivity contribution in [3.63, 3.8) is 0 Å². The molecule has 0 fully saturated rings. The number of alkyl halides is 3. The average Bonchev–Trinajstić information content (AvgIpc) is 2.97. The minimum absolute atomic E-state index is 0.0210. The number of aromatic nitrogens is 3. The number of benzene rings is 1. The van der Waals surface area contributed by atoms with Gasteiger partial charge in [0.1, 0.15) is 0 Å². The van der Waals surface area contributed by atoms with Crippen molar-refractivity contribution >= 4 is 45.7 Å². The molecule has 0 aliphatic heterocycles. The Bertz CT molecular complexity index is 714. The van der Waals surface area contributed by atoms with Crippen molar-refractivity contribution in [3.8, 4) is 0 Å². The molecular weight excluding hydrogens is 309 g/mol. The SMILES string of the molecule is ClC(Cl)(Cl)c1nnc(Cc2c[nH]c3ccccc23)o1. The number of nitrogens with zero attached hydrogens (tertiary/aromatic N) is 2. The lowest BCUT2D eigenvalue weighted by Gasteiger charge is -2.02. The van der Waals surface area contributed by atoms with Crippen molar-refractivity contribution in [2.24, 2.45) is 0 Å². The highest BCUT2D eigenvalue weighted by atomic mass is 35.6. The van der Waals surface area contributed by atoms with Crippen molar-refractivity contribution in [1.82, 2.24) is 15.2 Å². The molecule has 0 radical (unpaired) electrons. The Morgan fingerprint density at radius 3 is 2.68 bits per heavy atom. The molecule has 3 rings (SSSR count). The van der Waals surface area contributed by atoms with Crippen LogP contribution in [-0.2, 0) is 10.2 Å². The molecule has 1 aromatic carbocycles. The van der Waals surface area contributed by atoms with Crippen LogP contribution in [0.25, 0.3) is 10.9 Å². The predicted molar refractivity (Wildman–Crippen MR) is 74.6 cm³/mol. The van der Waals surface area contributed by atoms with Gasteiger partial charge in [0.05, 0.1) is 6.42 Å². The third-order valence-electron chi connectivity index (χ3n) is 2.73. The highest BCUT2D eigenvalue weighted by molar-refractivity contribution is 6.66. The van der Waals surface area contributed by atoms with Gasteiger partial charge in [0.15, 0.2) is 0 Å². The first kappa shape index (κ1) is 12.8. The van der Waals surface area contributed by atoms with E-state index in [4.69, 9.17) is 39.2 Å². The summed E-state index contributed by atoms with van der Waals surface area (Å²) in [6.07, 6.45) is 2.39. The molecule has 0 atom stereocenters. The van der Waals surface area contributed by atoms with Gasteiger partial charge in [0.2, 0.25) is 5.89 Å². The molecule has 0 spiro atoms. The second-order valence-corrected chi connectivity index (χ2v) is 6.32. The third-order valence-corrected chi connectivity index (χ3v) is 3.21. The van der Waals surface area contributed by atoms with Gasteiger partial charge in [0.25, 0.3) is 9.68 Å². The Labute approximate surface area is 123 Å². The van der Waals surface area contributed by atoms with Crippen LogP contribution in [0.3, 0.4) is 0 Å². The molecule has 1 N–H and O–H groups in total. The van der Waals surface area contributed by atoms with Crippen molar-refractivity contribution in [3.05, 3.63) is 47.8 Å². The summed E-state index contributed by atoms with van der Waals surface area (Å²) >= 11 is 17.0. The van der Waals surface area contributed by atoms with Crippen molar-refractivity contribution in [2.75, 3.05) is 0 Å². The van der Waals surface area contributed by atoms with Crippen LogP contribution in [0.15, 0.2) is 34.9 Å². The monoisotopic (exact) mass is 315 g/mol. The molecule has 0 saturated carbocycles. The largest absolute Gasteiger partial charge is 0.420 e. The molecule has 0 aliphatic rings. The van der Waals surface area contributed by atoms with E-state index in [1.54, 1.807) is 0 Å². The number of halogens is 3. The minimum atomic E-state index is -1.69. The highest BCUT2D eigenvalue weighted by Crippen LogP contribution is 2.37. The lowest BCUT2D eigenvalue weighted by molar-refractivity contribution is 0.463. The fourth-order valence-electron chi connectivity index (χ4n) is 1.88. The molecule has 2 aromatic heterocycles. The molecule has 0 aliphatic carbocycles. The van der Waals surface area contributed by atoms with Gasteiger partial charge in [-0.25, -0.2) is 0 Å². The van der Waals surface area contributed by atoms with Crippen LogP contribution in [-0.4, -0.2) is 15.2 Å². The molecule has 98 valence electrons. The second-order valence-electron chi connectivity index (χ2n) is 4.03. The number of para-hydroxylation sites is 1. The molecule has 7 heteroatoms. The van der Waals surface area contributed by atoms with Crippen LogP contribution < -0.4 is 0 Å². The van der Waals surface area contributed by atoms with Crippen LogP contribution in [0, 0.1) is 0 Å². The van der Waals surface area contributed by atoms with Gasteiger partial charge < -0.3 is 9.40 Å². The third kappa shape index (κ3) is 2.56. The molecule has 3 aromatic rings. The smallest absolute Gasteiger partial charge is 0.268 e. The summed E-state index contributed by atoms with van der Waals surface area (Å²) in [5.41, 5.74) is 2.11. The Morgan fingerprint density at radius 1 is 1.16 bits per heavy atom. The Hall–Kier alpha value is -1.23. The predicted octanol–water partition coefficient (Wildman–Crippen LogP) is 3.97. The molecule has 0 bridgehead atoms. The zero-order valence-electron chi connectivity index (χ0n) is 9.53. The molecule has 0 unspecified atom stereocenters. The Morgan fingerprint density at radius 2 is 1.95 bits per heavy atom. The zero-order valence-corrected chi connectivity index (χ0v) is 11.8. The molecule has 0 saturated heterocycles. The van der Waals surface area contributed by atoms with Crippen LogP contribution in [0.2, 0.25) is 0 Å². The standard InChI is InChI=1S/C12H8Cl3N3O/c13-12(14,15)11-18-17-10(19-11)5-7-6-16-9-4-2-1-3-8(7)9/h1-4,6,16H,5H2. The summed E-state index contributed by atoms with van der Waals surface area (Å²) in [6.45, 7) is 0. The number of hydrogen-bond donors (Lipinski definition) is 1. The van der Waals surface area contributed by atoms with Crippen LogP contribution in [0.1, 0.15) is 17.3 Å². The second kappa shape index (κ2) is 4.71. The van der Waals surface area contributed by atoms with Crippen LogP contribution in [0.4, 0.5) is 0 Å². The van der Waals surface area contributed by atoms with E-state index in [0.29, 0.717) is 12.3 Å². The fraction of sp³-hybridized carbons (Fsp3) is 0.167. The first-order chi connectivity index (χ1) is 9.04. The normalized spacial score (nSPS) is 12.2. The van der Waals surface area contributed by atoms with Gasteiger partial charge in [-0.1, -0.05) is 53.0 Å². The van der Waals surface area contributed by atoms with E-state index in [1.807, 2.05) is 30.5 Å². The van der Waals surface area contributed by atoms with E-state index in [9.17, 15) is 0 Å². The maximum absolute atomic E-state index is 5.68. The molecule has 2 heterocycles. The minimum Gasteiger partial charge on any atom is -0.420 e. The number of hydrogen-bond acceptors (Lipinski definition) is 3. The Kier molecular flexibility index (Phi) is 3.17. The van der Waals surface area contributed by atoms with E-state index < -0.39 is 3.79 Å². The van der Waals surface area contributed by atoms with E-state index in [1.165, 1.54) is 0 Å². The van der Waals surface area contributed by atoms with Gasteiger partial charge in [0, 0.05) is 17.1 Å². The van der Waals surface area contributed by atoms with E-state index >= 15 is 0 Å². The van der Waals surface area contributed by atoms with Gasteiger partial charge in [-0.15, -0.1) is 10.2 Å². The summed E-state index contributed by atoms with van der Waals surface area (Å²) in [5.74, 6) is 0.387. The maximum atomic E-state index is 5.68. The Balaban J connectivity index is 1.91. The fourth-order valence-corrected chi connectivity index (χ4v) is 2.11. The summed E-state index contributed by atoms with van der Waals surface area (Å²) in [5, 5.41) is 8.71. The highest BCUT2D eigenvalue weighted by Gasteiger charge is 2.30. The van der Waals surface area contributed by atoms with E-state index in [-0.39, 0.29) is 5.89 Å². The van der Waals surface area contributed by atoms with Crippen LogP contribution >= 0.6 is 34.8 Å². The quantitative estimate of drug-likeness (QED) is 0.728.